The van der Waals surface area contributed by atoms with E-state index in [1.807, 2.05) is 46.0 Å². The van der Waals surface area contributed by atoms with Gasteiger partial charge in [-0.25, -0.2) is 9.67 Å². The van der Waals surface area contributed by atoms with Gasteiger partial charge in [-0.2, -0.15) is 5.10 Å². The van der Waals surface area contributed by atoms with Crippen LogP contribution in [0, 0.1) is 0 Å². The number of aromatic nitrogens is 3. The van der Waals surface area contributed by atoms with Gasteiger partial charge in [0.1, 0.15) is 5.69 Å². The van der Waals surface area contributed by atoms with Crippen molar-refractivity contribution in [2.75, 3.05) is 13.1 Å². The summed E-state index contributed by atoms with van der Waals surface area (Å²) in [5.41, 5.74) is 4.46. The number of pyridine rings is 1. The maximum absolute atomic E-state index is 13.6. The van der Waals surface area contributed by atoms with Gasteiger partial charge in [-0.1, -0.05) is 36.4 Å². The maximum atomic E-state index is 13.6. The molecule has 0 spiro atoms. The summed E-state index contributed by atoms with van der Waals surface area (Å²) in [4.78, 5) is 20.2. The molecule has 156 valence electrons. The van der Waals surface area contributed by atoms with Crippen LogP contribution in [-0.4, -0.2) is 38.7 Å². The van der Waals surface area contributed by atoms with Crippen LogP contribution in [0.3, 0.4) is 0 Å². The van der Waals surface area contributed by atoms with Crippen molar-refractivity contribution in [1.82, 2.24) is 19.7 Å². The number of amides is 1. The monoisotopic (exact) mass is 412 g/mol. The van der Waals surface area contributed by atoms with Gasteiger partial charge in [0.15, 0.2) is 11.4 Å². The van der Waals surface area contributed by atoms with Crippen molar-refractivity contribution >= 4 is 22.5 Å². The summed E-state index contributed by atoms with van der Waals surface area (Å²) >= 11 is 0. The van der Waals surface area contributed by atoms with E-state index >= 15 is 0 Å². The molecule has 0 N–H and O–H groups in total. The molecule has 1 amide bonds. The molecule has 6 nitrogen and oxygen atoms in total. The lowest BCUT2D eigenvalue weighted by Crippen LogP contribution is -2.34. The Labute approximate surface area is 180 Å². The Hall–Kier alpha value is -3.67. The van der Waals surface area contributed by atoms with Gasteiger partial charge in [0.05, 0.1) is 23.4 Å². The summed E-state index contributed by atoms with van der Waals surface area (Å²) in [6.45, 7) is 5.37. The van der Waals surface area contributed by atoms with E-state index in [1.54, 1.807) is 12.5 Å². The van der Waals surface area contributed by atoms with Crippen LogP contribution in [0.15, 0.2) is 71.5 Å². The fraction of sp³-hybridized carbons (Fsp3) is 0.240. The number of hydrogen-bond acceptors (Lipinski definition) is 4. The molecule has 6 heteroatoms. The Balaban J connectivity index is 1.52. The maximum Gasteiger partial charge on any atom is 0.255 e. The number of nitrogens with zero attached hydrogens (tertiary/aromatic N) is 4. The third-order valence-corrected chi connectivity index (χ3v) is 5.70. The quantitative estimate of drug-likeness (QED) is 0.462. The molecule has 0 radical (unpaired) electrons. The van der Waals surface area contributed by atoms with E-state index < -0.39 is 0 Å². The molecule has 0 saturated carbocycles. The molecule has 1 aliphatic heterocycles. The molecule has 1 aromatic carbocycles. The first-order valence-electron chi connectivity index (χ1n) is 10.6. The van der Waals surface area contributed by atoms with Crippen molar-refractivity contribution in [2.24, 2.45) is 0 Å². The molecule has 31 heavy (non-hydrogen) atoms. The second kappa shape index (κ2) is 7.87. The average Bonchev–Trinajstić information content (AvgIpc) is 3.49. The summed E-state index contributed by atoms with van der Waals surface area (Å²) in [6.07, 6.45) is 6.35. The Morgan fingerprint density at radius 3 is 2.65 bits per heavy atom. The topological polar surface area (TPSA) is 64.2 Å². The highest BCUT2D eigenvalue weighted by Crippen LogP contribution is 2.29. The van der Waals surface area contributed by atoms with Crippen LogP contribution in [0.1, 0.15) is 42.2 Å². The van der Waals surface area contributed by atoms with E-state index in [-0.39, 0.29) is 11.9 Å². The lowest BCUT2D eigenvalue weighted by atomic mass is 9.99. The molecular formula is C25H24N4O2. The zero-order valence-corrected chi connectivity index (χ0v) is 17.7. The van der Waals surface area contributed by atoms with Gasteiger partial charge in [-0.15, -0.1) is 0 Å². The zero-order valence-electron chi connectivity index (χ0n) is 17.7. The standard InChI is InChI=1S/C25H24N4O2/c1-17(2)29-24-21(16-26-29)20(15-22(27-24)23-9-6-14-31-23)25(30)28-12-10-19(11-13-28)18-7-4-3-5-8-18/h3-10,14-17H,11-13H2,1-2H3. The Kier molecular flexibility index (Phi) is 4.90. The second-order valence-corrected chi connectivity index (χ2v) is 8.05. The Morgan fingerprint density at radius 2 is 1.97 bits per heavy atom. The molecule has 0 unspecified atom stereocenters. The van der Waals surface area contributed by atoms with Crippen LogP contribution in [0.4, 0.5) is 0 Å². The first-order chi connectivity index (χ1) is 15.1. The predicted molar refractivity (Wildman–Crippen MR) is 121 cm³/mol. The van der Waals surface area contributed by atoms with Crippen LogP contribution < -0.4 is 0 Å². The molecule has 0 atom stereocenters. The van der Waals surface area contributed by atoms with Gasteiger partial charge in [-0.3, -0.25) is 4.79 Å². The molecular weight excluding hydrogens is 388 g/mol. The van der Waals surface area contributed by atoms with E-state index in [4.69, 9.17) is 9.40 Å². The SMILES string of the molecule is CC(C)n1ncc2c(C(=O)N3CC=C(c4ccccc4)CC3)cc(-c3ccco3)nc21. The number of furan rings is 1. The molecule has 0 fully saturated rings. The molecule has 5 rings (SSSR count). The predicted octanol–water partition coefficient (Wildman–Crippen LogP) is 5.20. The summed E-state index contributed by atoms with van der Waals surface area (Å²) in [5, 5.41) is 5.27. The minimum atomic E-state index is -0.00752. The van der Waals surface area contributed by atoms with Gasteiger partial charge in [0.25, 0.3) is 5.91 Å². The lowest BCUT2D eigenvalue weighted by molar-refractivity contribution is 0.0775. The van der Waals surface area contributed by atoms with Crippen LogP contribution in [-0.2, 0) is 0 Å². The van der Waals surface area contributed by atoms with Gasteiger partial charge in [-0.05, 0) is 49.6 Å². The van der Waals surface area contributed by atoms with Crippen LogP contribution in [0.25, 0.3) is 28.1 Å². The Morgan fingerprint density at radius 1 is 1.13 bits per heavy atom. The first kappa shape index (κ1) is 19.3. The van der Waals surface area contributed by atoms with Gasteiger partial charge >= 0.3 is 0 Å². The molecule has 4 aromatic rings. The largest absolute Gasteiger partial charge is 0.463 e. The van der Waals surface area contributed by atoms with E-state index in [9.17, 15) is 4.79 Å². The zero-order chi connectivity index (χ0) is 21.4. The summed E-state index contributed by atoms with van der Waals surface area (Å²) < 4.78 is 7.41. The van der Waals surface area contributed by atoms with Crippen molar-refractivity contribution in [3.05, 3.63) is 78.2 Å². The third kappa shape index (κ3) is 3.54. The van der Waals surface area contributed by atoms with E-state index in [2.05, 4.69) is 37.2 Å². The summed E-state index contributed by atoms with van der Waals surface area (Å²) in [7, 11) is 0. The smallest absolute Gasteiger partial charge is 0.255 e. The highest BCUT2D eigenvalue weighted by molar-refractivity contribution is 6.06. The van der Waals surface area contributed by atoms with Crippen LogP contribution in [0.2, 0.25) is 0 Å². The molecule has 3 aromatic heterocycles. The molecule has 4 heterocycles. The first-order valence-corrected chi connectivity index (χ1v) is 10.6. The van der Waals surface area contributed by atoms with E-state index in [0.717, 1.165) is 11.8 Å². The van der Waals surface area contributed by atoms with Gasteiger partial charge in [0, 0.05) is 19.1 Å². The highest BCUT2D eigenvalue weighted by Gasteiger charge is 2.24. The molecule has 0 aliphatic carbocycles. The van der Waals surface area contributed by atoms with Gasteiger partial charge in [0.2, 0.25) is 0 Å². The number of hydrogen-bond donors (Lipinski definition) is 0. The fourth-order valence-corrected chi connectivity index (χ4v) is 4.06. The summed E-state index contributed by atoms with van der Waals surface area (Å²) in [6, 6.07) is 16.0. The van der Waals surface area contributed by atoms with Crippen molar-refractivity contribution < 1.29 is 9.21 Å². The highest BCUT2D eigenvalue weighted by atomic mass is 16.3. The Bertz CT molecular complexity index is 1250. The summed E-state index contributed by atoms with van der Waals surface area (Å²) in [5.74, 6) is 0.629. The van der Waals surface area contributed by atoms with Gasteiger partial charge < -0.3 is 9.32 Å². The number of rotatable bonds is 4. The third-order valence-electron chi connectivity index (χ3n) is 5.70. The van der Waals surface area contributed by atoms with Crippen molar-refractivity contribution in [2.45, 2.75) is 26.3 Å². The van der Waals surface area contributed by atoms with Crippen LogP contribution >= 0.6 is 0 Å². The number of carbonyl (C=O) groups excluding carboxylic acids is 1. The van der Waals surface area contributed by atoms with Crippen LogP contribution in [0.5, 0.6) is 0 Å². The van der Waals surface area contributed by atoms with E-state index in [1.165, 1.54) is 11.1 Å². The molecule has 1 aliphatic rings. The van der Waals surface area contributed by atoms with E-state index in [0.29, 0.717) is 35.8 Å². The molecule has 0 saturated heterocycles. The molecule has 0 bridgehead atoms. The minimum Gasteiger partial charge on any atom is -0.463 e. The van der Waals surface area contributed by atoms with Crippen molar-refractivity contribution in [1.29, 1.82) is 0 Å². The van der Waals surface area contributed by atoms with Crippen molar-refractivity contribution in [3.8, 4) is 11.5 Å². The normalized spacial score (nSPS) is 14.3. The second-order valence-electron chi connectivity index (χ2n) is 8.05. The average molecular weight is 412 g/mol. The number of fused-ring (bicyclic) bond motifs is 1. The number of carbonyl (C=O) groups is 1. The minimum absolute atomic E-state index is 0.00752. The number of benzene rings is 1. The van der Waals surface area contributed by atoms with Crippen molar-refractivity contribution in [3.63, 3.8) is 0 Å². The lowest BCUT2D eigenvalue weighted by Gasteiger charge is -2.27. The fourth-order valence-electron chi connectivity index (χ4n) is 4.06.